The van der Waals surface area contributed by atoms with E-state index < -0.39 is 17.9 Å². The molecule has 1 aliphatic heterocycles. The lowest BCUT2D eigenvalue weighted by Gasteiger charge is -2.34. The summed E-state index contributed by atoms with van der Waals surface area (Å²) in [5.41, 5.74) is 6.88. The van der Waals surface area contributed by atoms with Crippen LogP contribution in [-0.4, -0.2) is 84.6 Å². The van der Waals surface area contributed by atoms with Crippen molar-refractivity contribution in [1.29, 1.82) is 0 Å². The average molecular weight is 568 g/mol. The fraction of sp³-hybridized carbons (Fsp3) is 0.414. The Hall–Kier alpha value is -4.45. The maximum Gasteiger partial charge on any atom is 0.332 e. The van der Waals surface area contributed by atoms with E-state index in [2.05, 4.69) is 15.8 Å². The molecule has 2 aromatic carbocycles. The zero-order valence-corrected chi connectivity index (χ0v) is 23.1. The number of hydrogen-bond donors (Lipinski definition) is 4. The zero-order valence-electron chi connectivity index (χ0n) is 23.1. The molecular formula is C29H37N5O7. The van der Waals surface area contributed by atoms with Crippen molar-refractivity contribution in [1.82, 2.24) is 15.5 Å². The van der Waals surface area contributed by atoms with E-state index in [0.717, 1.165) is 0 Å². The highest BCUT2D eigenvalue weighted by atomic mass is 16.6. The minimum Gasteiger partial charge on any atom is -0.464 e. The van der Waals surface area contributed by atoms with Crippen molar-refractivity contribution in [3.05, 3.63) is 71.3 Å². The molecule has 12 nitrogen and oxygen atoms in total. The molecule has 0 unspecified atom stereocenters. The Labute approximate surface area is 238 Å². The topological polar surface area (TPSA) is 173 Å². The second-order valence-electron chi connectivity index (χ2n) is 9.49. The van der Waals surface area contributed by atoms with Crippen molar-refractivity contribution in [2.75, 3.05) is 32.8 Å². The molecule has 220 valence electrons. The number of amides is 3. The third-order valence-electron chi connectivity index (χ3n) is 6.64. The number of piperidine rings is 1. The predicted octanol–water partition coefficient (Wildman–Crippen LogP) is 1.66. The lowest BCUT2D eigenvalue weighted by atomic mass is 10.0. The van der Waals surface area contributed by atoms with Crippen LogP contribution in [0.5, 0.6) is 0 Å². The molecule has 0 aromatic heterocycles. The number of carbonyl (C=O) groups is 4. The number of oxime groups is 1. The molecule has 5 N–H and O–H groups in total. The van der Waals surface area contributed by atoms with E-state index in [1.165, 1.54) is 12.1 Å². The van der Waals surface area contributed by atoms with Crippen LogP contribution in [0.1, 0.15) is 58.9 Å². The van der Waals surface area contributed by atoms with Crippen LogP contribution in [-0.2, 0) is 19.1 Å². The van der Waals surface area contributed by atoms with E-state index in [0.29, 0.717) is 62.0 Å². The number of likely N-dealkylation sites (tertiary alicyclic amines) is 1. The number of carbonyl (C=O) groups excluding carboxylic acids is 4. The standard InChI is InChI=1S/C29H37N5O7/c1-2-40-25(35)19-41-23-14-17-34(18-15-23)29(38)24(9-6-16-31-27(36)21-7-4-3-5-8-21)32-28(37)22-12-10-20(11-13-22)26(30)33-39/h3-5,7-8,10-13,23-24,39H,2,6,9,14-19H2,1H3,(H2,30,33)(H,31,36)(H,32,37)/t24-/m0/s1. The molecule has 1 atom stereocenters. The Balaban J connectivity index is 1.60. The van der Waals surface area contributed by atoms with Gasteiger partial charge >= 0.3 is 5.97 Å². The molecule has 41 heavy (non-hydrogen) atoms. The number of nitrogens with one attached hydrogen (secondary N) is 2. The number of ether oxygens (including phenoxy) is 2. The van der Waals surface area contributed by atoms with Crippen LogP contribution in [0.3, 0.4) is 0 Å². The van der Waals surface area contributed by atoms with Gasteiger partial charge in [0.2, 0.25) is 5.91 Å². The van der Waals surface area contributed by atoms with Gasteiger partial charge in [-0.15, -0.1) is 0 Å². The van der Waals surface area contributed by atoms with Gasteiger partial charge in [0.25, 0.3) is 11.8 Å². The van der Waals surface area contributed by atoms with Crippen LogP contribution in [0.4, 0.5) is 0 Å². The Morgan fingerprint density at radius 3 is 2.27 bits per heavy atom. The first kappa shape index (κ1) is 31.1. The molecule has 0 radical (unpaired) electrons. The first-order valence-corrected chi connectivity index (χ1v) is 13.6. The van der Waals surface area contributed by atoms with Crippen LogP contribution in [0.2, 0.25) is 0 Å². The Kier molecular flexibility index (Phi) is 12.1. The monoisotopic (exact) mass is 567 g/mol. The van der Waals surface area contributed by atoms with Crippen LogP contribution >= 0.6 is 0 Å². The van der Waals surface area contributed by atoms with Crippen molar-refractivity contribution in [3.63, 3.8) is 0 Å². The van der Waals surface area contributed by atoms with Crippen LogP contribution < -0.4 is 16.4 Å². The van der Waals surface area contributed by atoms with Gasteiger partial charge < -0.3 is 35.9 Å². The molecule has 0 aliphatic carbocycles. The van der Waals surface area contributed by atoms with Gasteiger partial charge in [-0.05, 0) is 56.9 Å². The molecule has 0 saturated carbocycles. The Morgan fingerprint density at radius 2 is 1.63 bits per heavy atom. The van der Waals surface area contributed by atoms with E-state index in [4.69, 9.17) is 20.4 Å². The quantitative estimate of drug-likeness (QED) is 0.0706. The molecule has 3 rings (SSSR count). The summed E-state index contributed by atoms with van der Waals surface area (Å²) in [5, 5.41) is 17.5. The molecular weight excluding hydrogens is 530 g/mol. The first-order valence-electron chi connectivity index (χ1n) is 13.6. The number of nitrogens with two attached hydrogens (primary N) is 1. The molecule has 1 saturated heterocycles. The van der Waals surface area contributed by atoms with Crippen molar-refractivity contribution >= 4 is 29.5 Å². The molecule has 1 fully saturated rings. The smallest absolute Gasteiger partial charge is 0.332 e. The highest BCUT2D eigenvalue weighted by Crippen LogP contribution is 2.16. The fourth-order valence-corrected chi connectivity index (χ4v) is 4.40. The second kappa shape index (κ2) is 16.0. The van der Waals surface area contributed by atoms with Gasteiger partial charge in [-0.2, -0.15) is 0 Å². The maximum absolute atomic E-state index is 13.5. The summed E-state index contributed by atoms with van der Waals surface area (Å²) >= 11 is 0. The van der Waals surface area contributed by atoms with E-state index >= 15 is 0 Å². The van der Waals surface area contributed by atoms with Gasteiger partial charge in [0.05, 0.1) is 12.7 Å². The minimum atomic E-state index is -0.822. The van der Waals surface area contributed by atoms with Gasteiger partial charge in [-0.25, -0.2) is 4.79 Å². The summed E-state index contributed by atoms with van der Waals surface area (Å²) < 4.78 is 10.5. The fourth-order valence-electron chi connectivity index (χ4n) is 4.40. The number of rotatable bonds is 13. The molecule has 1 aliphatic rings. The van der Waals surface area contributed by atoms with Gasteiger partial charge in [-0.3, -0.25) is 14.4 Å². The second-order valence-corrected chi connectivity index (χ2v) is 9.49. The largest absolute Gasteiger partial charge is 0.464 e. The van der Waals surface area contributed by atoms with E-state index in [1.54, 1.807) is 48.2 Å². The van der Waals surface area contributed by atoms with Crippen molar-refractivity contribution < 1.29 is 33.9 Å². The van der Waals surface area contributed by atoms with Crippen molar-refractivity contribution in [2.45, 2.75) is 44.8 Å². The van der Waals surface area contributed by atoms with Gasteiger partial charge in [0.1, 0.15) is 12.6 Å². The molecule has 3 amide bonds. The highest BCUT2D eigenvalue weighted by molar-refractivity contribution is 6.00. The summed E-state index contributed by atoms with van der Waals surface area (Å²) in [5.74, 6) is -1.40. The number of nitrogens with zero attached hydrogens (tertiary/aromatic N) is 2. The number of benzene rings is 2. The summed E-state index contributed by atoms with van der Waals surface area (Å²) in [6, 6.07) is 14.1. The number of amidine groups is 1. The first-order chi connectivity index (χ1) is 19.8. The number of hydrogen-bond acceptors (Lipinski definition) is 8. The third kappa shape index (κ3) is 9.60. The van der Waals surface area contributed by atoms with Gasteiger partial charge in [-0.1, -0.05) is 35.5 Å². The molecule has 0 spiro atoms. The number of esters is 1. The summed E-state index contributed by atoms with van der Waals surface area (Å²) in [6.07, 6.45) is 1.69. The van der Waals surface area contributed by atoms with Crippen molar-refractivity contribution in [2.24, 2.45) is 10.9 Å². The van der Waals surface area contributed by atoms with Crippen LogP contribution in [0, 0.1) is 0 Å². The van der Waals surface area contributed by atoms with Crippen LogP contribution in [0.25, 0.3) is 0 Å². The zero-order chi connectivity index (χ0) is 29.6. The Morgan fingerprint density at radius 1 is 1.00 bits per heavy atom. The maximum atomic E-state index is 13.5. The van der Waals surface area contributed by atoms with E-state index in [-0.39, 0.29) is 37.0 Å². The normalized spacial score (nSPS) is 14.7. The SMILES string of the molecule is CCOC(=O)COC1CCN(C(=O)[C@H](CCCNC(=O)c2ccccc2)NC(=O)c2ccc(/C(N)=N/O)cc2)CC1. The average Bonchev–Trinajstić information content (AvgIpc) is 3.01. The third-order valence-corrected chi connectivity index (χ3v) is 6.64. The van der Waals surface area contributed by atoms with Crippen molar-refractivity contribution in [3.8, 4) is 0 Å². The van der Waals surface area contributed by atoms with E-state index in [9.17, 15) is 19.2 Å². The molecule has 2 aromatic rings. The lowest BCUT2D eigenvalue weighted by molar-refractivity contribution is -0.152. The molecule has 0 bridgehead atoms. The van der Waals surface area contributed by atoms with E-state index in [1.807, 2.05) is 6.07 Å². The lowest BCUT2D eigenvalue weighted by Crippen LogP contribution is -2.51. The molecule has 1 heterocycles. The summed E-state index contributed by atoms with van der Waals surface area (Å²) in [4.78, 5) is 52.2. The van der Waals surface area contributed by atoms with Gasteiger partial charge in [0, 0.05) is 36.3 Å². The highest BCUT2D eigenvalue weighted by Gasteiger charge is 2.30. The minimum absolute atomic E-state index is 0.0859. The van der Waals surface area contributed by atoms with Crippen LogP contribution in [0.15, 0.2) is 59.8 Å². The predicted molar refractivity (Wildman–Crippen MR) is 150 cm³/mol. The Bertz CT molecular complexity index is 1200. The van der Waals surface area contributed by atoms with Gasteiger partial charge in [0.15, 0.2) is 5.84 Å². The molecule has 12 heteroatoms. The summed E-state index contributed by atoms with van der Waals surface area (Å²) in [6.45, 7) is 3.04. The summed E-state index contributed by atoms with van der Waals surface area (Å²) in [7, 11) is 0.